The molecule has 2 aromatic carbocycles. The minimum Gasteiger partial charge on any atom is -0.497 e. The monoisotopic (exact) mass is 467 g/mol. The molecular weight excluding hydrogens is 442 g/mol. The summed E-state index contributed by atoms with van der Waals surface area (Å²) in [6.45, 7) is 4.13. The molecule has 3 aromatic rings. The van der Waals surface area contributed by atoms with Crippen LogP contribution in [0.5, 0.6) is 5.75 Å². The molecule has 1 saturated carbocycles. The van der Waals surface area contributed by atoms with E-state index in [2.05, 4.69) is 10.3 Å². The van der Waals surface area contributed by atoms with E-state index < -0.39 is 0 Å². The highest BCUT2D eigenvalue weighted by Gasteiger charge is 2.46. The Labute approximate surface area is 197 Å². The first-order valence-electron chi connectivity index (χ1n) is 11.0. The predicted molar refractivity (Wildman–Crippen MR) is 128 cm³/mol. The lowest BCUT2D eigenvalue weighted by molar-refractivity contribution is -0.134. The average molecular weight is 468 g/mol. The predicted octanol–water partition coefficient (Wildman–Crippen LogP) is 4.92. The normalized spacial score (nSPS) is 20.9. The Bertz CT molecular complexity index is 1090. The molecular formula is C25H26ClN3O2S. The third-order valence-electron chi connectivity index (χ3n) is 6.37. The standard InChI is InChI=1S/C25H26ClN3O2S/c1-31-19-8-6-17(7-9-19)24-27-18(16-32-24)15-28-10-12-29(13-11-28)25(30)22-14-21(22)20-4-2-3-5-23(20)26/h2-9,16,21-22H,10-15H2,1H3. The number of carbonyl (C=O) groups excluding carboxylic acids is 1. The van der Waals surface area contributed by atoms with Gasteiger partial charge in [-0.15, -0.1) is 11.3 Å². The molecule has 2 aliphatic rings. The van der Waals surface area contributed by atoms with Crippen LogP contribution < -0.4 is 4.74 Å². The highest BCUT2D eigenvalue weighted by molar-refractivity contribution is 7.13. The molecule has 166 valence electrons. The van der Waals surface area contributed by atoms with Crippen molar-refractivity contribution in [2.75, 3.05) is 33.3 Å². The van der Waals surface area contributed by atoms with Crippen LogP contribution in [0, 0.1) is 5.92 Å². The van der Waals surface area contributed by atoms with Crippen LogP contribution in [-0.2, 0) is 11.3 Å². The molecule has 0 spiro atoms. The summed E-state index contributed by atoms with van der Waals surface area (Å²) in [7, 11) is 1.67. The first kappa shape index (κ1) is 21.4. The Morgan fingerprint density at radius 1 is 1.12 bits per heavy atom. The zero-order chi connectivity index (χ0) is 22.1. The Hall–Kier alpha value is -2.41. The molecule has 1 amide bonds. The number of ether oxygens (including phenoxy) is 1. The van der Waals surface area contributed by atoms with Crippen LogP contribution in [0.1, 0.15) is 23.6 Å². The fourth-order valence-corrected chi connectivity index (χ4v) is 5.52. The van der Waals surface area contributed by atoms with Gasteiger partial charge in [-0.25, -0.2) is 4.98 Å². The van der Waals surface area contributed by atoms with E-state index in [0.717, 1.165) is 71.7 Å². The second-order valence-electron chi connectivity index (χ2n) is 8.44. The van der Waals surface area contributed by atoms with E-state index >= 15 is 0 Å². The van der Waals surface area contributed by atoms with Crippen LogP contribution in [0.15, 0.2) is 53.9 Å². The lowest BCUT2D eigenvalue weighted by Crippen LogP contribution is -2.48. The number of methoxy groups -OCH3 is 1. The summed E-state index contributed by atoms with van der Waals surface area (Å²) in [5.41, 5.74) is 3.30. The molecule has 2 fully saturated rings. The highest BCUT2D eigenvalue weighted by Crippen LogP contribution is 2.50. The van der Waals surface area contributed by atoms with Crippen LogP contribution in [0.3, 0.4) is 0 Å². The lowest BCUT2D eigenvalue weighted by Gasteiger charge is -2.34. The second-order valence-corrected chi connectivity index (χ2v) is 9.71. The first-order chi connectivity index (χ1) is 15.6. The number of hydrogen-bond acceptors (Lipinski definition) is 5. The van der Waals surface area contributed by atoms with Crippen LogP contribution >= 0.6 is 22.9 Å². The van der Waals surface area contributed by atoms with Crippen LogP contribution in [0.25, 0.3) is 10.6 Å². The number of hydrogen-bond donors (Lipinski definition) is 0. The van der Waals surface area contributed by atoms with Gasteiger partial charge in [-0.1, -0.05) is 29.8 Å². The molecule has 5 rings (SSSR count). The summed E-state index contributed by atoms with van der Waals surface area (Å²) in [4.78, 5) is 22.2. The zero-order valence-electron chi connectivity index (χ0n) is 18.0. The molecule has 7 heteroatoms. The van der Waals surface area contributed by atoms with Gasteiger partial charge < -0.3 is 9.64 Å². The maximum absolute atomic E-state index is 13.0. The van der Waals surface area contributed by atoms with Crippen molar-refractivity contribution in [1.29, 1.82) is 0 Å². The van der Waals surface area contributed by atoms with Gasteiger partial charge in [0.15, 0.2) is 0 Å². The minimum absolute atomic E-state index is 0.0899. The maximum Gasteiger partial charge on any atom is 0.226 e. The molecule has 2 atom stereocenters. The van der Waals surface area contributed by atoms with Gasteiger partial charge in [0.25, 0.3) is 0 Å². The number of halogens is 1. The molecule has 1 aliphatic heterocycles. The fourth-order valence-electron chi connectivity index (χ4n) is 4.42. The SMILES string of the molecule is COc1ccc(-c2nc(CN3CCN(C(=O)C4CC4c4ccccc4Cl)CC3)cs2)cc1. The van der Waals surface area contributed by atoms with Gasteiger partial charge in [0.1, 0.15) is 10.8 Å². The van der Waals surface area contributed by atoms with Gasteiger partial charge in [-0.2, -0.15) is 0 Å². The quantitative estimate of drug-likeness (QED) is 0.516. The summed E-state index contributed by atoms with van der Waals surface area (Å²) in [5, 5.41) is 3.93. The number of nitrogens with zero attached hydrogens (tertiary/aromatic N) is 3. The molecule has 2 unspecified atom stereocenters. The largest absolute Gasteiger partial charge is 0.497 e. The third-order valence-corrected chi connectivity index (χ3v) is 7.65. The maximum atomic E-state index is 13.0. The fraction of sp³-hybridized carbons (Fsp3) is 0.360. The summed E-state index contributed by atoms with van der Waals surface area (Å²) >= 11 is 7.99. The van der Waals surface area contributed by atoms with Gasteiger partial charge in [-0.3, -0.25) is 9.69 Å². The van der Waals surface area contributed by atoms with Crippen molar-refractivity contribution in [2.24, 2.45) is 5.92 Å². The van der Waals surface area contributed by atoms with Crippen molar-refractivity contribution < 1.29 is 9.53 Å². The summed E-state index contributed by atoms with van der Waals surface area (Å²) in [6.07, 6.45) is 0.912. The van der Waals surface area contributed by atoms with Gasteiger partial charge in [0, 0.05) is 54.6 Å². The molecule has 5 nitrogen and oxygen atoms in total. The molecule has 32 heavy (non-hydrogen) atoms. The second kappa shape index (κ2) is 9.22. The van der Waals surface area contributed by atoms with E-state index in [1.165, 1.54) is 0 Å². The molecule has 0 radical (unpaired) electrons. The van der Waals surface area contributed by atoms with Crippen molar-refractivity contribution in [3.8, 4) is 16.3 Å². The van der Waals surface area contributed by atoms with Crippen molar-refractivity contribution in [2.45, 2.75) is 18.9 Å². The number of thiazole rings is 1. The number of rotatable bonds is 6. The number of amides is 1. The summed E-state index contributed by atoms with van der Waals surface area (Å²) in [5.74, 6) is 1.50. The van der Waals surface area contributed by atoms with Crippen molar-refractivity contribution in [1.82, 2.24) is 14.8 Å². The summed E-state index contributed by atoms with van der Waals surface area (Å²) in [6, 6.07) is 15.9. The van der Waals surface area contributed by atoms with E-state index in [1.807, 2.05) is 53.4 Å². The van der Waals surface area contributed by atoms with E-state index in [4.69, 9.17) is 21.3 Å². The number of aromatic nitrogens is 1. The Balaban J connectivity index is 1.13. The third kappa shape index (κ3) is 4.53. The smallest absolute Gasteiger partial charge is 0.226 e. The van der Waals surface area contributed by atoms with Gasteiger partial charge in [0.2, 0.25) is 5.91 Å². The number of carbonyl (C=O) groups is 1. The Morgan fingerprint density at radius 3 is 2.59 bits per heavy atom. The van der Waals surface area contributed by atoms with Crippen molar-refractivity contribution in [3.05, 3.63) is 70.2 Å². The highest BCUT2D eigenvalue weighted by atomic mass is 35.5. The minimum atomic E-state index is 0.0899. The average Bonchev–Trinajstić information content (AvgIpc) is 3.49. The zero-order valence-corrected chi connectivity index (χ0v) is 19.6. The summed E-state index contributed by atoms with van der Waals surface area (Å²) < 4.78 is 5.23. The van der Waals surface area contributed by atoms with E-state index in [0.29, 0.717) is 0 Å². The molecule has 0 bridgehead atoms. The molecule has 0 N–H and O–H groups in total. The van der Waals surface area contributed by atoms with E-state index in [9.17, 15) is 4.79 Å². The van der Waals surface area contributed by atoms with Crippen LogP contribution in [-0.4, -0.2) is 54.0 Å². The van der Waals surface area contributed by atoms with Gasteiger partial charge in [0.05, 0.1) is 12.8 Å². The Morgan fingerprint density at radius 2 is 1.88 bits per heavy atom. The van der Waals surface area contributed by atoms with Gasteiger partial charge in [-0.05, 0) is 48.2 Å². The van der Waals surface area contributed by atoms with Crippen molar-refractivity contribution >= 4 is 28.8 Å². The van der Waals surface area contributed by atoms with Crippen molar-refractivity contribution in [3.63, 3.8) is 0 Å². The molecule has 2 heterocycles. The van der Waals surface area contributed by atoms with Crippen LogP contribution in [0.2, 0.25) is 5.02 Å². The Kier molecular flexibility index (Phi) is 6.17. The van der Waals surface area contributed by atoms with Gasteiger partial charge >= 0.3 is 0 Å². The van der Waals surface area contributed by atoms with E-state index in [-0.39, 0.29) is 17.7 Å². The molecule has 1 saturated heterocycles. The first-order valence-corrected chi connectivity index (χ1v) is 12.2. The molecule has 1 aliphatic carbocycles. The number of benzene rings is 2. The number of piperazine rings is 1. The molecule has 1 aromatic heterocycles. The van der Waals surface area contributed by atoms with Crippen LogP contribution in [0.4, 0.5) is 0 Å². The van der Waals surface area contributed by atoms with E-state index in [1.54, 1.807) is 18.4 Å². The lowest BCUT2D eigenvalue weighted by atomic mass is 10.1. The topological polar surface area (TPSA) is 45.7 Å².